The molecule has 6 heteroatoms. The minimum atomic E-state index is -4.51. The molecule has 0 spiro atoms. The van der Waals surface area contributed by atoms with Gasteiger partial charge in [-0.2, -0.15) is 13.2 Å². The van der Waals surface area contributed by atoms with Crippen LogP contribution in [0, 0.1) is 5.82 Å². The van der Waals surface area contributed by atoms with Gasteiger partial charge >= 0.3 is 6.18 Å². The van der Waals surface area contributed by atoms with Gasteiger partial charge in [0, 0.05) is 5.69 Å². The van der Waals surface area contributed by atoms with Gasteiger partial charge in [-0.1, -0.05) is 26.0 Å². The quantitative estimate of drug-likeness (QED) is 0.770. The molecule has 2 aromatic carbocycles. The number of rotatable bonds is 3. The van der Waals surface area contributed by atoms with E-state index in [4.69, 9.17) is 0 Å². The highest BCUT2D eigenvalue weighted by Gasteiger charge is 2.30. The van der Waals surface area contributed by atoms with E-state index >= 15 is 0 Å². The Kier molecular flexibility index (Phi) is 4.73. The van der Waals surface area contributed by atoms with E-state index in [9.17, 15) is 22.4 Å². The lowest BCUT2D eigenvalue weighted by molar-refractivity contribution is -0.137. The topological polar surface area (TPSA) is 29.1 Å². The molecule has 122 valence electrons. The molecule has 0 aliphatic rings. The minimum Gasteiger partial charge on any atom is -0.322 e. The number of hydrogen-bond donors (Lipinski definition) is 1. The third-order valence-corrected chi connectivity index (χ3v) is 3.35. The maximum atomic E-state index is 13.8. The second-order valence-electron chi connectivity index (χ2n) is 5.43. The molecule has 1 amide bonds. The number of alkyl halides is 3. The van der Waals surface area contributed by atoms with Crippen LogP contribution in [0.4, 0.5) is 23.2 Å². The molecule has 0 aromatic heterocycles. The first-order valence-corrected chi connectivity index (χ1v) is 6.96. The Morgan fingerprint density at radius 1 is 1.09 bits per heavy atom. The van der Waals surface area contributed by atoms with Gasteiger partial charge in [0.15, 0.2) is 0 Å². The molecule has 2 rings (SSSR count). The highest BCUT2D eigenvalue weighted by molar-refractivity contribution is 6.04. The van der Waals surface area contributed by atoms with Crippen molar-refractivity contribution in [2.75, 3.05) is 5.32 Å². The summed E-state index contributed by atoms with van der Waals surface area (Å²) in [5.74, 6) is -1.42. The zero-order chi connectivity index (χ0) is 17.2. The second kappa shape index (κ2) is 6.40. The molecule has 0 fully saturated rings. The summed E-state index contributed by atoms with van der Waals surface area (Å²) in [6.45, 7) is 3.78. The first-order valence-electron chi connectivity index (χ1n) is 6.96. The normalized spacial score (nSPS) is 11.6. The Hall–Kier alpha value is -2.37. The number of nitrogens with one attached hydrogen (secondary N) is 1. The van der Waals surface area contributed by atoms with E-state index in [1.54, 1.807) is 6.07 Å². The Morgan fingerprint density at radius 3 is 2.39 bits per heavy atom. The van der Waals surface area contributed by atoms with Crippen molar-refractivity contribution in [3.63, 3.8) is 0 Å². The molecule has 2 nitrogen and oxygen atoms in total. The fourth-order valence-electron chi connectivity index (χ4n) is 2.05. The highest BCUT2D eigenvalue weighted by Crippen LogP contribution is 2.30. The van der Waals surface area contributed by atoms with Crippen molar-refractivity contribution in [1.82, 2.24) is 0 Å². The number of benzene rings is 2. The van der Waals surface area contributed by atoms with E-state index in [2.05, 4.69) is 5.32 Å². The van der Waals surface area contributed by atoms with Crippen molar-refractivity contribution in [1.29, 1.82) is 0 Å². The number of halogens is 4. The average Bonchev–Trinajstić information content (AvgIpc) is 2.46. The van der Waals surface area contributed by atoms with Crippen LogP contribution in [0.15, 0.2) is 42.5 Å². The lowest BCUT2D eigenvalue weighted by Gasteiger charge is -2.12. The molecule has 0 bridgehead atoms. The monoisotopic (exact) mass is 325 g/mol. The van der Waals surface area contributed by atoms with Crippen LogP contribution in [-0.4, -0.2) is 5.91 Å². The lowest BCUT2D eigenvalue weighted by atomic mass is 10.00. The Balaban J connectivity index is 2.28. The summed E-state index contributed by atoms with van der Waals surface area (Å²) in [5.41, 5.74) is -0.361. The third-order valence-electron chi connectivity index (χ3n) is 3.35. The van der Waals surface area contributed by atoms with Crippen LogP contribution in [0.25, 0.3) is 0 Å². The standard InChI is InChI=1S/C17H15F4NO/c1-10(2)11-6-7-15(18)14(8-11)16(23)22-13-5-3-4-12(9-13)17(19,20)21/h3-10H,1-2H3,(H,22,23). The number of amides is 1. The first-order chi connectivity index (χ1) is 10.7. The van der Waals surface area contributed by atoms with Crippen molar-refractivity contribution in [3.05, 3.63) is 65.0 Å². The van der Waals surface area contributed by atoms with Crippen LogP contribution in [-0.2, 0) is 6.18 Å². The van der Waals surface area contributed by atoms with Crippen LogP contribution in [0.1, 0.15) is 41.3 Å². The number of carbonyl (C=O) groups is 1. The van der Waals surface area contributed by atoms with Gasteiger partial charge < -0.3 is 5.32 Å². The fraction of sp³-hybridized carbons (Fsp3) is 0.235. The van der Waals surface area contributed by atoms with Gasteiger partial charge in [0.1, 0.15) is 5.82 Å². The van der Waals surface area contributed by atoms with E-state index in [0.29, 0.717) is 0 Å². The summed E-state index contributed by atoms with van der Waals surface area (Å²) < 4.78 is 51.8. The number of anilines is 1. The van der Waals surface area contributed by atoms with E-state index in [0.717, 1.165) is 17.7 Å². The minimum absolute atomic E-state index is 0.0424. The molecule has 0 saturated heterocycles. The van der Waals surface area contributed by atoms with Crippen LogP contribution in [0.3, 0.4) is 0 Å². The maximum absolute atomic E-state index is 13.8. The van der Waals surface area contributed by atoms with Gasteiger partial charge in [0.05, 0.1) is 11.1 Å². The van der Waals surface area contributed by atoms with E-state index in [1.807, 2.05) is 13.8 Å². The zero-order valence-corrected chi connectivity index (χ0v) is 12.5. The lowest BCUT2D eigenvalue weighted by Crippen LogP contribution is -2.15. The third kappa shape index (κ3) is 4.09. The SMILES string of the molecule is CC(C)c1ccc(F)c(C(=O)Nc2cccc(C(F)(F)F)c2)c1. The predicted octanol–water partition coefficient (Wildman–Crippen LogP) is 5.22. The predicted molar refractivity (Wildman–Crippen MR) is 79.9 cm³/mol. The largest absolute Gasteiger partial charge is 0.416 e. The van der Waals surface area contributed by atoms with Gasteiger partial charge in [0.2, 0.25) is 0 Å². The van der Waals surface area contributed by atoms with Gasteiger partial charge in [-0.05, 0) is 41.8 Å². The molecular formula is C17H15F4NO. The van der Waals surface area contributed by atoms with E-state index < -0.39 is 23.5 Å². The van der Waals surface area contributed by atoms with Crippen LogP contribution in [0.5, 0.6) is 0 Å². The number of hydrogen-bond acceptors (Lipinski definition) is 1. The molecule has 0 heterocycles. The molecule has 0 aliphatic carbocycles. The van der Waals surface area contributed by atoms with Gasteiger partial charge in [-0.15, -0.1) is 0 Å². The maximum Gasteiger partial charge on any atom is 0.416 e. The van der Waals surface area contributed by atoms with Crippen molar-refractivity contribution in [2.24, 2.45) is 0 Å². The average molecular weight is 325 g/mol. The summed E-state index contributed by atoms with van der Waals surface area (Å²) in [6, 6.07) is 8.36. The van der Waals surface area contributed by atoms with Gasteiger partial charge in [-0.25, -0.2) is 4.39 Å². The summed E-state index contributed by atoms with van der Waals surface area (Å²) in [4.78, 5) is 12.1. The first kappa shape index (κ1) is 17.0. The molecule has 0 radical (unpaired) electrons. The molecular weight excluding hydrogens is 310 g/mol. The smallest absolute Gasteiger partial charge is 0.322 e. The van der Waals surface area contributed by atoms with Gasteiger partial charge in [0.25, 0.3) is 5.91 Å². The van der Waals surface area contributed by atoms with Crippen molar-refractivity contribution in [2.45, 2.75) is 25.9 Å². The second-order valence-corrected chi connectivity index (χ2v) is 5.43. The Morgan fingerprint density at radius 2 is 1.78 bits per heavy atom. The molecule has 0 atom stereocenters. The molecule has 1 N–H and O–H groups in total. The molecule has 0 saturated carbocycles. The van der Waals surface area contributed by atoms with Crippen molar-refractivity contribution < 1.29 is 22.4 Å². The van der Waals surface area contributed by atoms with Crippen molar-refractivity contribution >= 4 is 11.6 Å². The molecule has 23 heavy (non-hydrogen) atoms. The van der Waals surface area contributed by atoms with Crippen molar-refractivity contribution in [3.8, 4) is 0 Å². The molecule has 0 aliphatic heterocycles. The summed E-state index contributed by atoms with van der Waals surface area (Å²) in [5, 5.41) is 2.30. The Labute approximate surface area is 131 Å². The fourth-order valence-corrected chi connectivity index (χ4v) is 2.05. The number of carbonyl (C=O) groups excluding carboxylic acids is 1. The van der Waals surface area contributed by atoms with Crippen LogP contribution < -0.4 is 5.32 Å². The Bertz CT molecular complexity index is 723. The van der Waals surface area contributed by atoms with Crippen LogP contribution >= 0.6 is 0 Å². The van der Waals surface area contributed by atoms with E-state index in [1.165, 1.54) is 24.3 Å². The van der Waals surface area contributed by atoms with Gasteiger partial charge in [-0.3, -0.25) is 4.79 Å². The highest BCUT2D eigenvalue weighted by atomic mass is 19.4. The van der Waals surface area contributed by atoms with Crippen LogP contribution in [0.2, 0.25) is 0 Å². The summed E-state index contributed by atoms with van der Waals surface area (Å²) in [7, 11) is 0. The molecule has 0 unspecified atom stereocenters. The summed E-state index contributed by atoms with van der Waals surface area (Å²) in [6.07, 6.45) is -4.51. The zero-order valence-electron chi connectivity index (χ0n) is 12.5. The summed E-state index contributed by atoms with van der Waals surface area (Å²) >= 11 is 0. The van der Waals surface area contributed by atoms with E-state index in [-0.39, 0.29) is 17.2 Å². The molecule has 2 aromatic rings.